The Hall–Kier alpha value is -3.21. The lowest BCUT2D eigenvalue weighted by atomic mass is 9.89. The smallest absolute Gasteiger partial charge is 0.119 e. The number of rotatable bonds is 10. The third kappa shape index (κ3) is 6.61. The Morgan fingerprint density at radius 3 is 2.21 bits per heavy atom. The Morgan fingerprint density at radius 2 is 1.45 bits per heavy atom. The number of nitrogens with zero attached hydrogens (tertiary/aromatic N) is 1. The van der Waals surface area contributed by atoms with E-state index in [0.29, 0.717) is 0 Å². The number of hydrogen-bond donors (Lipinski definition) is 0. The molecule has 0 aromatic heterocycles. The number of fused-ring (bicyclic) bond motifs is 1. The molecule has 0 spiro atoms. The van der Waals surface area contributed by atoms with Crippen LogP contribution < -0.4 is 14.2 Å². The van der Waals surface area contributed by atoms with Crippen LogP contribution in [0.4, 0.5) is 0 Å². The molecule has 0 amide bonds. The molecule has 0 atom stereocenters. The van der Waals surface area contributed by atoms with Crippen molar-refractivity contribution in [3.8, 4) is 39.5 Å². The van der Waals surface area contributed by atoms with Gasteiger partial charge in [0.1, 0.15) is 17.2 Å². The van der Waals surface area contributed by atoms with E-state index >= 15 is 0 Å². The minimum atomic E-state index is 0. The first-order valence-corrected chi connectivity index (χ1v) is 13.5. The summed E-state index contributed by atoms with van der Waals surface area (Å²) in [4.78, 5) is 2.60. The minimum absolute atomic E-state index is 0. The number of halogens is 1. The summed E-state index contributed by atoms with van der Waals surface area (Å²) in [6, 6.07) is 27.4. The number of hydrogen-bond acceptors (Lipinski definition) is 4. The van der Waals surface area contributed by atoms with Crippen molar-refractivity contribution in [1.29, 1.82) is 0 Å². The predicted octanol–water partition coefficient (Wildman–Crippen LogP) is 8.26. The number of ether oxygens (including phenoxy) is 3. The van der Waals surface area contributed by atoms with Gasteiger partial charge in [-0.25, -0.2) is 0 Å². The maximum Gasteiger partial charge on any atom is 0.119 e. The fourth-order valence-corrected chi connectivity index (χ4v) is 5.31. The molecule has 0 bridgehead atoms. The topological polar surface area (TPSA) is 30.9 Å². The molecule has 0 N–H and O–H groups in total. The molecule has 0 radical (unpaired) electrons. The van der Waals surface area contributed by atoms with Crippen molar-refractivity contribution < 1.29 is 14.2 Å². The van der Waals surface area contributed by atoms with Crippen molar-refractivity contribution >= 4 is 23.2 Å². The quantitative estimate of drug-likeness (QED) is 0.193. The molecule has 4 aromatic rings. The average molecular weight is 532 g/mol. The number of piperidine rings is 1. The number of unbranched alkanes of at least 4 members (excludes halogenated alkanes) is 1. The minimum Gasteiger partial charge on any atom is -0.497 e. The first kappa shape index (κ1) is 27.8. The van der Waals surface area contributed by atoms with Crippen molar-refractivity contribution in [2.24, 2.45) is 0 Å². The van der Waals surface area contributed by atoms with E-state index in [0.717, 1.165) is 46.8 Å². The van der Waals surface area contributed by atoms with Crippen LogP contribution in [0.25, 0.3) is 33.0 Å². The van der Waals surface area contributed by atoms with Gasteiger partial charge in [-0.2, -0.15) is 0 Å². The average Bonchev–Trinajstić information content (AvgIpc) is 2.97. The van der Waals surface area contributed by atoms with Crippen LogP contribution in [0.3, 0.4) is 0 Å². The molecule has 0 saturated carbocycles. The van der Waals surface area contributed by atoms with Crippen LogP contribution in [0.5, 0.6) is 17.2 Å². The maximum absolute atomic E-state index is 6.23. The molecule has 4 aromatic carbocycles. The van der Waals surface area contributed by atoms with E-state index < -0.39 is 0 Å². The lowest BCUT2D eigenvalue weighted by Crippen LogP contribution is -2.30. The van der Waals surface area contributed by atoms with Gasteiger partial charge in [-0.15, -0.1) is 12.4 Å². The van der Waals surface area contributed by atoms with E-state index in [1.807, 2.05) is 18.2 Å². The van der Waals surface area contributed by atoms with Gasteiger partial charge in [0.25, 0.3) is 0 Å². The van der Waals surface area contributed by atoms with Crippen molar-refractivity contribution in [3.63, 3.8) is 0 Å². The highest BCUT2D eigenvalue weighted by Crippen LogP contribution is 2.40. The predicted molar refractivity (Wildman–Crippen MR) is 160 cm³/mol. The Morgan fingerprint density at radius 1 is 0.684 bits per heavy atom. The van der Waals surface area contributed by atoms with E-state index in [1.54, 1.807) is 14.2 Å². The summed E-state index contributed by atoms with van der Waals surface area (Å²) in [5.74, 6) is 2.63. The third-order valence-corrected chi connectivity index (χ3v) is 7.34. The summed E-state index contributed by atoms with van der Waals surface area (Å²) >= 11 is 0. The van der Waals surface area contributed by atoms with Gasteiger partial charge in [-0.3, -0.25) is 0 Å². The Kier molecular flexibility index (Phi) is 9.91. The van der Waals surface area contributed by atoms with Crippen LogP contribution >= 0.6 is 12.4 Å². The van der Waals surface area contributed by atoms with Crippen LogP contribution in [-0.4, -0.2) is 45.4 Å². The second-order valence-electron chi connectivity index (χ2n) is 9.79. The number of likely N-dealkylation sites (tertiary alicyclic amines) is 1. The highest BCUT2D eigenvalue weighted by Gasteiger charge is 2.14. The molecule has 200 valence electrons. The molecule has 0 aliphatic carbocycles. The molecule has 1 heterocycles. The molecule has 1 fully saturated rings. The summed E-state index contributed by atoms with van der Waals surface area (Å²) in [5.41, 5.74) is 4.67. The molecule has 0 unspecified atom stereocenters. The van der Waals surface area contributed by atoms with Crippen LogP contribution in [0.1, 0.15) is 32.1 Å². The highest BCUT2D eigenvalue weighted by atomic mass is 35.5. The highest BCUT2D eigenvalue weighted by molar-refractivity contribution is 6.04. The van der Waals surface area contributed by atoms with Gasteiger partial charge in [0, 0.05) is 0 Å². The maximum atomic E-state index is 6.23. The zero-order valence-corrected chi connectivity index (χ0v) is 23.3. The van der Waals surface area contributed by atoms with Crippen LogP contribution in [0.15, 0.2) is 78.9 Å². The molecule has 4 nitrogen and oxygen atoms in total. The fraction of sp³-hybridized carbons (Fsp3) is 0.333. The lowest BCUT2D eigenvalue weighted by Gasteiger charge is -2.26. The van der Waals surface area contributed by atoms with Gasteiger partial charge >= 0.3 is 0 Å². The number of benzene rings is 4. The van der Waals surface area contributed by atoms with Gasteiger partial charge in [0.15, 0.2) is 0 Å². The Bertz CT molecular complexity index is 1320. The van der Waals surface area contributed by atoms with Crippen LogP contribution in [-0.2, 0) is 0 Å². The molecular weight excluding hydrogens is 494 g/mol. The standard InChI is InChI=1S/C33H37NO3.ClH/c1-35-28-14-11-25(12-15-28)31-17-13-26-23-29(36-2)16-18-32(26)33(31)27-9-8-10-30(24-27)37-22-7-6-21-34-19-4-3-5-20-34;/h8-18,23-24H,3-7,19-22H2,1-2H3;1H. The molecule has 38 heavy (non-hydrogen) atoms. The number of methoxy groups -OCH3 is 2. The Balaban J connectivity index is 0.00000336. The largest absolute Gasteiger partial charge is 0.497 e. The van der Waals surface area contributed by atoms with E-state index in [1.165, 1.54) is 61.8 Å². The van der Waals surface area contributed by atoms with E-state index in [-0.39, 0.29) is 12.4 Å². The monoisotopic (exact) mass is 531 g/mol. The van der Waals surface area contributed by atoms with Gasteiger partial charge in [0.05, 0.1) is 20.8 Å². The van der Waals surface area contributed by atoms with Crippen molar-refractivity contribution in [1.82, 2.24) is 4.90 Å². The lowest BCUT2D eigenvalue weighted by molar-refractivity contribution is 0.216. The van der Waals surface area contributed by atoms with Gasteiger partial charge in [-0.1, -0.05) is 48.9 Å². The summed E-state index contributed by atoms with van der Waals surface area (Å²) < 4.78 is 17.1. The molecule has 5 rings (SSSR count). The van der Waals surface area contributed by atoms with Crippen molar-refractivity contribution in [2.45, 2.75) is 32.1 Å². The summed E-state index contributed by atoms with van der Waals surface area (Å²) in [7, 11) is 3.41. The molecule has 1 saturated heterocycles. The van der Waals surface area contributed by atoms with Crippen LogP contribution in [0.2, 0.25) is 0 Å². The molecule has 1 aliphatic rings. The second kappa shape index (κ2) is 13.5. The molecular formula is C33H38ClNO3. The zero-order valence-electron chi connectivity index (χ0n) is 22.4. The third-order valence-electron chi connectivity index (χ3n) is 7.34. The first-order chi connectivity index (χ1) is 18.2. The van der Waals surface area contributed by atoms with Crippen molar-refractivity contribution in [2.75, 3.05) is 40.5 Å². The first-order valence-electron chi connectivity index (χ1n) is 13.5. The van der Waals surface area contributed by atoms with Gasteiger partial charge in [0.2, 0.25) is 0 Å². The van der Waals surface area contributed by atoms with Gasteiger partial charge in [-0.05, 0) is 115 Å². The molecule has 1 aliphatic heterocycles. The summed E-state index contributed by atoms with van der Waals surface area (Å²) in [6.07, 6.45) is 6.35. The van der Waals surface area contributed by atoms with E-state index in [2.05, 4.69) is 65.6 Å². The second-order valence-corrected chi connectivity index (χ2v) is 9.79. The van der Waals surface area contributed by atoms with E-state index in [4.69, 9.17) is 14.2 Å². The summed E-state index contributed by atoms with van der Waals surface area (Å²) in [6.45, 7) is 4.45. The normalized spacial score (nSPS) is 13.6. The molecule has 5 heteroatoms. The summed E-state index contributed by atoms with van der Waals surface area (Å²) in [5, 5.41) is 2.34. The van der Waals surface area contributed by atoms with E-state index in [9.17, 15) is 0 Å². The zero-order chi connectivity index (χ0) is 25.5. The van der Waals surface area contributed by atoms with Gasteiger partial charge < -0.3 is 19.1 Å². The Labute approximate surface area is 232 Å². The SMILES string of the molecule is COc1ccc(-c2ccc3cc(OC)ccc3c2-c2cccc(OCCCCN3CCCCC3)c2)cc1.Cl. The van der Waals surface area contributed by atoms with Crippen LogP contribution in [0, 0.1) is 0 Å². The van der Waals surface area contributed by atoms with Crippen molar-refractivity contribution in [3.05, 3.63) is 78.9 Å². The fourth-order valence-electron chi connectivity index (χ4n) is 5.31.